The number of amides is 1. The van der Waals surface area contributed by atoms with Crippen molar-refractivity contribution < 1.29 is 14.3 Å². The third kappa shape index (κ3) is 5.76. The van der Waals surface area contributed by atoms with Crippen molar-refractivity contribution >= 4 is 23.5 Å². The number of carbonyl (C=O) groups is 1. The molecule has 2 aromatic carbocycles. The Morgan fingerprint density at radius 1 is 1.06 bits per heavy atom. The van der Waals surface area contributed by atoms with Crippen LogP contribution in [-0.2, 0) is 11.3 Å². The first-order valence-electron chi connectivity index (χ1n) is 11.0. The molecule has 0 bridgehead atoms. The number of benzene rings is 2. The maximum absolute atomic E-state index is 12.8. The van der Waals surface area contributed by atoms with E-state index in [9.17, 15) is 4.79 Å². The highest BCUT2D eigenvalue weighted by Gasteiger charge is 2.27. The summed E-state index contributed by atoms with van der Waals surface area (Å²) < 4.78 is 10.7. The van der Waals surface area contributed by atoms with Crippen molar-refractivity contribution in [2.45, 2.75) is 29.3 Å². The molecule has 1 amide bonds. The summed E-state index contributed by atoms with van der Waals surface area (Å²) in [6.07, 6.45) is 4.99. The molecule has 0 saturated carbocycles. The lowest BCUT2D eigenvalue weighted by atomic mass is 9.96. The van der Waals surface area contributed by atoms with Crippen molar-refractivity contribution in [3.8, 4) is 11.5 Å². The van der Waals surface area contributed by atoms with E-state index < -0.39 is 0 Å². The highest BCUT2D eigenvalue weighted by molar-refractivity contribution is 7.99. The van der Waals surface area contributed by atoms with Crippen molar-refractivity contribution in [3.63, 3.8) is 0 Å². The molecular formula is C25H28N4O3S. The highest BCUT2D eigenvalue weighted by Crippen LogP contribution is 2.33. The van der Waals surface area contributed by atoms with E-state index in [0.717, 1.165) is 58.7 Å². The first kappa shape index (κ1) is 22.9. The van der Waals surface area contributed by atoms with Gasteiger partial charge >= 0.3 is 0 Å². The van der Waals surface area contributed by atoms with E-state index in [4.69, 9.17) is 9.47 Å². The van der Waals surface area contributed by atoms with E-state index >= 15 is 0 Å². The molecule has 7 nitrogen and oxygen atoms in total. The van der Waals surface area contributed by atoms with Crippen molar-refractivity contribution in [1.29, 1.82) is 0 Å². The molecule has 1 aliphatic rings. The molecule has 2 heterocycles. The van der Waals surface area contributed by atoms with Gasteiger partial charge in [0.25, 0.3) is 0 Å². The molecule has 1 fully saturated rings. The van der Waals surface area contributed by atoms with Gasteiger partial charge in [-0.3, -0.25) is 4.79 Å². The number of nitrogens with zero attached hydrogens (tertiary/aromatic N) is 3. The summed E-state index contributed by atoms with van der Waals surface area (Å²) in [6, 6.07) is 15.8. The van der Waals surface area contributed by atoms with E-state index in [2.05, 4.69) is 32.3 Å². The number of methoxy groups -OCH3 is 2. The zero-order valence-corrected chi connectivity index (χ0v) is 19.7. The van der Waals surface area contributed by atoms with E-state index in [0.29, 0.717) is 6.54 Å². The van der Waals surface area contributed by atoms with E-state index in [1.807, 2.05) is 36.4 Å². The number of aromatic nitrogens is 2. The van der Waals surface area contributed by atoms with Crippen molar-refractivity contribution in [2.24, 2.45) is 5.92 Å². The Kier molecular flexibility index (Phi) is 7.67. The summed E-state index contributed by atoms with van der Waals surface area (Å²) in [7, 11) is 3.25. The summed E-state index contributed by atoms with van der Waals surface area (Å²) >= 11 is 1.61. The largest absolute Gasteiger partial charge is 0.497 e. The summed E-state index contributed by atoms with van der Waals surface area (Å²) in [4.78, 5) is 25.3. The number of anilines is 1. The molecule has 0 aliphatic carbocycles. The number of ether oxygens (including phenoxy) is 2. The fraction of sp³-hybridized carbons (Fsp3) is 0.320. The first-order chi connectivity index (χ1) is 16.2. The lowest BCUT2D eigenvalue weighted by Gasteiger charge is -2.32. The molecule has 0 atom stereocenters. The first-order valence-corrected chi connectivity index (χ1v) is 11.8. The maximum atomic E-state index is 12.8. The van der Waals surface area contributed by atoms with Crippen LogP contribution in [0.5, 0.6) is 11.5 Å². The van der Waals surface area contributed by atoms with Crippen LogP contribution in [0.2, 0.25) is 0 Å². The number of hydrogen-bond acceptors (Lipinski definition) is 7. The Bertz CT molecular complexity index is 1070. The van der Waals surface area contributed by atoms with Gasteiger partial charge in [0.1, 0.15) is 16.5 Å². The van der Waals surface area contributed by atoms with Crippen molar-refractivity contribution in [2.75, 3.05) is 32.2 Å². The molecule has 1 aliphatic heterocycles. The van der Waals surface area contributed by atoms with Crippen LogP contribution in [0.25, 0.3) is 0 Å². The predicted molar refractivity (Wildman–Crippen MR) is 129 cm³/mol. The molecule has 0 spiro atoms. The normalized spacial score (nSPS) is 14.1. The Balaban J connectivity index is 1.34. The average Bonchev–Trinajstić information content (AvgIpc) is 2.88. The van der Waals surface area contributed by atoms with E-state index in [1.165, 1.54) is 0 Å². The van der Waals surface area contributed by atoms with Gasteiger partial charge < -0.3 is 19.7 Å². The second-order valence-corrected chi connectivity index (χ2v) is 8.82. The van der Waals surface area contributed by atoms with Crippen LogP contribution < -0.4 is 19.7 Å². The Morgan fingerprint density at radius 2 is 1.82 bits per heavy atom. The second kappa shape index (κ2) is 11.0. The van der Waals surface area contributed by atoms with E-state index in [-0.39, 0.29) is 11.8 Å². The van der Waals surface area contributed by atoms with E-state index in [1.54, 1.807) is 38.4 Å². The Hall–Kier alpha value is -3.26. The number of piperidine rings is 1. The molecule has 3 aromatic rings. The molecule has 8 heteroatoms. The van der Waals surface area contributed by atoms with Crippen LogP contribution in [0.3, 0.4) is 0 Å². The molecule has 33 heavy (non-hydrogen) atoms. The fourth-order valence-corrected chi connectivity index (χ4v) is 4.81. The second-order valence-electron chi connectivity index (χ2n) is 7.76. The van der Waals surface area contributed by atoms with Gasteiger partial charge in [0.15, 0.2) is 5.82 Å². The Morgan fingerprint density at radius 3 is 2.55 bits per heavy atom. The van der Waals surface area contributed by atoms with Gasteiger partial charge in [-0.25, -0.2) is 9.97 Å². The minimum Gasteiger partial charge on any atom is -0.497 e. The molecule has 4 rings (SSSR count). The molecule has 172 valence electrons. The summed E-state index contributed by atoms with van der Waals surface area (Å²) in [5.74, 6) is 2.39. The van der Waals surface area contributed by atoms with Gasteiger partial charge in [0, 0.05) is 48.4 Å². The molecule has 0 radical (unpaired) electrons. The minimum absolute atomic E-state index is 0.0280. The van der Waals surface area contributed by atoms with Gasteiger partial charge in [-0.2, -0.15) is 0 Å². The van der Waals surface area contributed by atoms with Crippen molar-refractivity contribution in [1.82, 2.24) is 15.3 Å². The molecule has 1 aromatic heterocycles. The summed E-state index contributed by atoms with van der Waals surface area (Å²) in [5.41, 5.74) is 0.893. The van der Waals surface area contributed by atoms with Gasteiger partial charge in [-0.05, 0) is 43.2 Å². The zero-order chi connectivity index (χ0) is 23.0. The quantitative estimate of drug-likeness (QED) is 0.536. The number of hydrogen-bond donors (Lipinski definition) is 1. The van der Waals surface area contributed by atoms with Crippen LogP contribution in [0.15, 0.2) is 70.8 Å². The van der Waals surface area contributed by atoms with Crippen molar-refractivity contribution in [3.05, 3.63) is 66.5 Å². The maximum Gasteiger partial charge on any atom is 0.223 e. The standard InChI is InChI=1S/C25H28N4O3S/c1-31-20-8-9-22(32-2)19(16-20)17-28-24(30)18-10-14-29(15-11-18)23-25(27-13-12-26-23)33-21-6-4-3-5-7-21/h3-9,12-13,16,18H,10-11,14-15,17H2,1-2H3,(H,28,30). The van der Waals surface area contributed by atoms with Gasteiger partial charge in [-0.1, -0.05) is 30.0 Å². The number of rotatable bonds is 8. The third-order valence-corrected chi connectivity index (χ3v) is 6.70. The lowest BCUT2D eigenvalue weighted by molar-refractivity contribution is -0.125. The Labute approximate surface area is 198 Å². The topological polar surface area (TPSA) is 76.6 Å². The highest BCUT2D eigenvalue weighted by atomic mass is 32.2. The summed E-state index contributed by atoms with van der Waals surface area (Å²) in [6.45, 7) is 1.94. The predicted octanol–water partition coefficient (Wildman–Crippen LogP) is 4.18. The average molecular weight is 465 g/mol. The lowest BCUT2D eigenvalue weighted by Crippen LogP contribution is -2.41. The van der Waals surface area contributed by atoms with Crippen LogP contribution in [0.1, 0.15) is 18.4 Å². The SMILES string of the molecule is COc1ccc(OC)c(CNC(=O)C2CCN(c3nccnc3Sc3ccccc3)CC2)c1. The van der Waals surface area contributed by atoms with Gasteiger partial charge in [-0.15, -0.1) is 0 Å². The third-order valence-electron chi connectivity index (χ3n) is 5.71. The summed E-state index contributed by atoms with van der Waals surface area (Å²) in [5, 5.41) is 3.95. The number of nitrogens with one attached hydrogen (secondary N) is 1. The van der Waals surface area contributed by atoms with Gasteiger partial charge in [0.2, 0.25) is 5.91 Å². The van der Waals surface area contributed by atoms with Crippen LogP contribution in [0.4, 0.5) is 5.82 Å². The van der Waals surface area contributed by atoms with Crippen LogP contribution >= 0.6 is 11.8 Å². The van der Waals surface area contributed by atoms with Crippen LogP contribution in [-0.4, -0.2) is 43.2 Å². The molecular weight excluding hydrogens is 436 g/mol. The fourth-order valence-electron chi connectivity index (χ4n) is 3.91. The molecule has 0 unspecified atom stereocenters. The van der Waals surface area contributed by atoms with Crippen LogP contribution in [0, 0.1) is 5.92 Å². The zero-order valence-electron chi connectivity index (χ0n) is 18.9. The molecule has 1 saturated heterocycles. The van der Waals surface area contributed by atoms with Gasteiger partial charge in [0.05, 0.1) is 14.2 Å². The smallest absolute Gasteiger partial charge is 0.223 e. The monoisotopic (exact) mass is 464 g/mol. The number of carbonyl (C=O) groups excluding carboxylic acids is 1. The molecule has 1 N–H and O–H groups in total. The minimum atomic E-state index is -0.0280.